The van der Waals surface area contributed by atoms with Crippen LogP contribution in [-0.2, 0) is 22.7 Å². The number of piperazine rings is 1. The van der Waals surface area contributed by atoms with Crippen LogP contribution in [0.3, 0.4) is 0 Å². The van der Waals surface area contributed by atoms with Crippen molar-refractivity contribution in [3.63, 3.8) is 0 Å². The molecular weight excluding hydrogens is 530 g/mol. The van der Waals surface area contributed by atoms with Crippen LogP contribution in [0.15, 0.2) is 66.7 Å². The molecule has 3 aromatic rings. The number of fused-ring (bicyclic) bond motifs is 1. The van der Waals surface area contributed by atoms with Gasteiger partial charge in [-0.1, -0.05) is 42.5 Å². The van der Waals surface area contributed by atoms with E-state index < -0.39 is 0 Å². The van der Waals surface area contributed by atoms with E-state index in [1.54, 1.807) is 12.1 Å². The molecule has 2 atom stereocenters. The second-order valence-corrected chi connectivity index (χ2v) is 11.3. The highest BCUT2D eigenvalue weighted by molar-refractivity contribution is 7.80. The first-order valence-electron chi connectivity index (χ1n) is 13.7. The standard InChI is InChI=1S/C31H32F2N4O2S/c32-23-7-1-4-20(16-23)29(21-5-2-8-24(33)17-21)36-14-12-35(13-15-36)18-22-6-3-9-25-26(22)19-37(31(25)40)27-10-11-28(38)34-30(27)39/h1-9,16-17,27,29,31,40H,10-15,18-19H2,(H,34,38,39). The topological polar surface area (TPSA) is 55.9 Å². The highest BCUT2D eigenvalue weighted by Crippen LogP contribution is 2.41. The highest BCUT2D eigenvalue weighted by Gasteiger charge is 2.40. The molecule has 3 aliphatic rings. The number of nitrogens with zero attached hydrogens (tertiary/aromatic N) is 3. The van der Waals surface area contributed by atoms with E-state index in [0.29, 0.717) is 19.4 Å². The van der Waals surface area contributed by atoms with Crippen molar-refractivity contribution in [1.29, 1.82) is 0 Å². The molecule has 6 rings (SSSR count). The highest BCUT2D eigenvalue weighted by atomic mass is 32.1. The van der Waals surface area contributed by atoms with Crippen molar-refractivity contribution in [3.8, 4) is 0 Å². The van der Waals surface area contributed by atoms with Crippen molar-refractivity contribution in [2.45, 2.75) is 43.4 Å². The Kier molecular flexibility index (Phi) is 7.72. The van der Waals surface area contributed by atoms with Gasteiger partial charge in [-0.2, -0.15) is 12.6 Å². The Morgan fingerprint density at radius 1 is 0.900 bits per heavy atom. The smallest absolute Gasteiger partial charge is 0.243 e. The molecule has 1 N–H and O–H groups in total. The second kappa shape index (κ2) is 11.4. The van der Waals surface area contributed by atoms with Gasteiger partial charge in [0.15, 0.2) is 0 Å². The summed E-state index contributed by atoms with van der Waals surface area (Å²) in [5.74, 6) is -1.06. The molecule has 0 aromatic heterocycles. The van der Waals surface area contributed by atoms with Gasteiger partial charge in [0, 0.05) is 45.7 Å². The molecule has 3 heterocycles. The zero-order valence-corrected chi connectivity index (χ0v) is 23.0. The molecule has 2 unspecified atom stereocenters. The molecule has 3 aliphatic heterocycles. The maximum atomic E-state index is 14.2. The van der Waals surface area contributed by atoms with Gasteiger partial charge in [0.1, 0.15) is 11.6 Å². The first-order valence-corrected chi connectivity index (χ1v) is 14.2. The van der Waals surface area contributed by atoms with Crippen LogP contribution in [0.5, 0.6) is 0 Å². The van der Waals surface area contributed by atoms with Crippen LogP contribution >= 0.6 is 12.6 Å². The minimum Gasteiger partial charge on any atom is -0.297 e. The summed E-state index contributed by atoms with van der Waals surface area (Å²) in [6, 6.07) is 18.8. The van der Waals surface area contributed by atoms with E-state index in [4.69, 9.17) is 12.6 Å². The quantitative estimate of drug-likeness (QED) is 0.344. The third-order valence-corrected chi connectivity index (χ3v) is 8.92. The molecule has 2 fully saturated rings. The molecule has 0 saturated carbocycles. The van der Waals surface area contributed by atoms with Gasteiger partial charge < -0.3 is 0 Å². The number of rotatable bonds is 6. The number of nitrogens with one attached hydrogen (secondary N) is 1. The van der Waals surface area contributed by atoms with Gasteiger partial charge in [0.2, 0.25) is 11.8 Å². The van der Waals surface area contributed by atoms with Crippen LogP contribution < -0.4 is 5.32 Å². The minimum atomic E-state index is -0.369. The van der Waals surface area contributed by atoms with Gasteiger partial charge in [0.25, 0.3) is 0 Å². The lowest BCUT2D eigenvalue weighted by Crippen LogP contribution is -2.51. The van der Waals surface area contributed by atoms with E-state index in [1.807, 2.05) is 18.2 Å². The fourth-order valence-electron chi connectivity index (χ4n) is 6.35. The number of piperidine rings is 1. The summed E-state index contributed by atoms with van der Waals surface area (Å²) in [5, 5.41) is 2.27. The Labute approximate surface area is 238 Å². The lowest BCUT2D eigenvalue weighted by Gasteiger charge is -2.40. The van der Waals surface area contributed by atoms with Crippen molar-refractivity contribution in [2.24, 2.45) is 0 Å². The Bertz CT molecular complexity index is 1380. The van der Waals surface area contributed by atoms with E-state index in [0.717, 1.165) is 49.4 Å². The van der Waals surface area contributed by atoms with E-state index in [9.17, 15) is 18.4 Å². The number of amides is 2. The van der Waals surface area contributed by atoms with Gasteiger partial charge in [-0.3, -0.25) is 29.6 Å². The number of benzene rings is 3. The first-order chi connectivity index (χ1) is 19.4. The number of halogens is 2. The van der Waals surface area contributed by atoms with Gasteiger partial charge >= 0.3 is 0 Å². The van der Waals surface area contributed by atoms with E-state index in [2.05, 4.69) is 32.1 Å². The Morgan fingerprint density at radius 2 is 1.55 bits per heavy atom. The molecule has 0 bridgehead atoms. The molecule has 3 aromatic carbocycles. The number of carbonyl (C=O) groups is 2. The van der Waals surface area contributed by atoms with Gasteiger partial charge in [0.05, 0.1) is 17.5 Å². The SMILES string of the molecule is O=C1CCC(N2Cc3c(CN4CCN(C(c5cccc(F)c5)c5cccc(F)c5)CC4)cccc3C2S)C(=O)N1. The Hall–Kier alpha value is -3.11. The van der Waals surface area contributed by atoms with Gasteiger partial charge in [-0.25, -0.2) is 8.78 Å². The van der Waals surface area contributed by atoms with Crippen LogP contribution in [0, 0.1) is 11.6 Å². The molecule has 2 saturated heterocycles. The average Bonchev–Trinajstić information content (AvgIpc) is 3.27. The van der Waals surface area contributed by atoms with Crippen molar-refractivity contribution >= 4 is 24.4 Å². The zero-order valence-electron chi connectivity index (χ0n) is 22.1. The van der Waals surface area contributed by atoms with E-state index in [1.165, 1.54) is 35.4 Å². The van der Waals surface area contributed by atoms with Crippen LogP contribution in [0.1, 0.15) is 52.1 Å². The summed E-state index contributed by atoms with van der Waals surface area (Å²) < 4.78 is 28.3. The van der Waals surface area contributed by atoms with Crippen LogP contribution in [0.4, 0.5) is 8.78 Å². The van der Waals surface area contributed by atoms with Crippen LogP contribution in [-0.4, -0.2) is 58.7 Å². The van der Waals surface area contributed by atoms with Crippen molar-refractivity contribution in [1.82, 2.24) is 20.0 Å². The summed E-state index contributed by atoms with van der Waals surface area (Å²) in [6.07, 6.45) is 0.845. The number of carbonyl (C=O) groups excluding carboxylic acids is 2. The molecule has 2 amide bonds. The molecular formula is C31H32F2N4O2S. The molecule has 208 valence electrons. The second-order valence-electron chi connectivity index (χ2n) is 10.8. The van der Waals surface area contributed by atoms with Crippen molar-refractivity contribution in [3.05, 3.63) is 106 Å². The summed E-state index contributed by atoms with van der Waals surface area (Å²) in [5.41, 5.74) is 5.15. The van der Waals surface area contributed by atoms with Crippen LogP contribution in [0.25, 0.3) is 0 Å². The first kappa shape index (κ1) is 27.1. The summed E-state index contributed by atoms with van der Waals surface area (Å²) in [4.78, 5) is 31.0. The van der Waals surface area contributed by atoms with E-state index >= 15 is 0 Å². The minimum absolute atomic E-state index is 0.200. The third kappa shape index (κ3) is 5.43. The molecule has 0 spiro atoms. The normalized spacial score (nSPS) is 22.5. The van der Waals surface area contributed by atoms with Crippen LogP contribution in [0.2, 0.25) is 0 Å². The number of imide groups is 1. The summed E-state index contributed by atoms with van der Waals surface area (Å²) in [6.45, 7) is 4.52. The maximum Gasteiger partial charge on any atom is 0.243 e. The average molecular weight is 563 g/mol. The number of thiol groups is 1. The zero-order chi connectivity index (χ0) is 27.8. The largest absolute Gasteiger partial charge is 0.297 e. The number of hydrogen-bond acceptors (Lipinski definition) is 6. The lowest BCUT2D eigenvalue weighted by atomic mass is 9.96. The Balaban J connectivity index is 1.16. The molecule has 9 heteroatoms. The third-order valence-electron chi connectivity index (χ3n) is 8.35. The van der Waals surface area contributed by atoms with Gasteiger partial charge in [-0.05, 0) is 58.5 Å². The Morgan fingerprint density at radius 3 is 2.17 bits per heavy atom. The predicted octanol–water partition coefficient (Wildman–Crippen LogP) is 4.42. The molecule has 40 heavy (non-hydrogen) atoms. The molecule has 0 aliphatic carbocycles. The van der Waals surface area contributed by atoms with Crippen molar-refractivity contribution in [2.75, 3.05) is 26.2 Å². The summed E-state index contributed by atoms with van der Waals surface area (Å²) >= 11 is 4.86. The fraction of sp³-hybridized carbons (Fsp3) is 0.355. The summed E-state index contributed by atoms with van der Waals surface area (Å²) in [7, 11) is 0. The maximum absolute atomic E-state index is 14.2. The van der Waals surface area contributed by atoms with E-state index in [-0.39, 0.29) is 40.9 Å². The monoisotopic (exact) mass is 562 g/mol. The fourth-order valence-corrected chi connectivity index (χ4v) is 6.84. The van der Waals surface area contributed by atoms with Crippen molar-refractivity contribution < 1.29 is 18.4 Å². The van der Waals surface area contributed by atoms with Gasteiger partial charge in [-0.15, -0.1) is 0 Å². The molecule has 0 radical (unpaired) electrons. The molecule has 6 nitrogen and oxygen atoms in total. The lowest BCUT2D eigenvalue weighted by molar-refractivity contribution is -0.137. The predicted molar refractivity (Wildman–Crippen MR) is 151 cm³/mol. The number of hydrogen-bond donors (Lipinski definition) is 2.